The standard InChI is InChI=1S/C20H22F2N2O2S.ClH/c21-20(22)26-16-3-1-13(2-4-16)17-5-6-18(27-17)19(25)24-9-7-14-11-23-12-15(14)8-10-24;/h1-6,14-15,20,23H,7-12H2;1H/t14-,15+;. The van der Waals surface area contributed by atoms with E-state index in [4.69, 9.17) is 0 Å². The summed E-state index contributed by atoms with van der Waals surface area (Å²) in [6.45, 7) is 0.941. The summed E-state index contributed by atoms with van der Waals surface area (Å²) in [4.78, 5) is 16.6. The van der Waals surface area contributed by atoms with E-state index in [2.05, 4.69) is 10.1 Å². The zero-order valence-corrected chi connectivity index (χ0v) is 16.9. The van der Waals surface area contributed by atoms with E-state index in [1.807, 2.05) is 17.0 Å². The first-order chi connectivity index (χ1) is 13.1. The van der Waals surface area contributed by atoms with Crippen LogP contribution in [0.4, 0.5) is 8.78 Å². The van der Waals surface area contributed by atoms with Crippen molar-refractivity contribution >= 4 is 29.7 Å². The van der Waals surface area contributed by atoms with Crippen molar-refractivity contribution in [2.24, 2.45) is 11.8 Å². The fourth-order valence-corrected chi connectivity index (χ4v) is 4.97. The molecule has 2 aliphatic heterocycles. The Balaban J connectivity index is 0.00000225. The number of thiophene rings is 1. The number of amides is 1. The van der Waals surface area contributed by atoms with Crippen molar-refractivity contribution in [2.75, 3.05) is 26.2 Å². The van der Waals surface area contributed by atoms with Crippen LogP contribution < -0.4 is 10.1 Å². The summed E-state index contributed by atoms with van der Waals surface area (Å²) in [5, 5.41) is 3.45. The molecule has 152 valence electrons. The molecule has 4 nitrogen and oxygen atoms in total. The van der Waals surface area contributed by atoms with E-state index in [0.717, 1.165) is 54.3 Å². The number of fused-ring (bicyclic) bond motifs is 1. The highest BCUT2D eigenvalue weighted by atomic mass is 35.5. The molecule has 1 aromatic carbocycles. The van der Waals surface area contributed by atoms with Gasteiger partial charge in [-0.05, 0) is 79.7 Å². The van der Waals surface area contributed by atoms with Crippen molar-refractivity contribution in [2.45, 2.75) is 19.5 Å². The third kappa shape index (κ3) is 4.64. The summed E-state index contributed by atoms with van der Waals surface area (Å²) < 4.78 is 28.9. The third-order valence-corrected chi connectivity index (χ3v) is 6.61. The largest absolute Gasteiger partial charge is 0.435 e. The fraction of sp³-hybridized carbons (Fsp3) is 0.450. The van der Waals surface area contributed by atoms with Gasteiger partial charge in [0, 0.05) is 18.0 Å². The van der Waals surface area contributed by atoms with Crippen LogP contribution in [-0.2, 0) is 0 Å². The lowest BCUT2D eigenvalue weighted by Crippen LogP contribution is -2.32. The molecule has 2 fully saturated rings. The Morgan fingerprint density at radius 3 is 2.32 bits per heavy atom. The lowest BCUT2D eigenvalue weighted by molar-refractivity contribution is -0.0498. The van der Waals surface area contributed by atoms with Gasteiger partial charge in [0.25, 0.3) is 5.91 Å². The Labute approximate surface area is 173 Å². The van der Waals surface area contributed by atoms with Gasteiger partial charge in [0.2, 0.25) is 0 Å². The van der Waals surface area contributed by atoms with Crippen molar-refractivity contribution in [3.05, 3.63) is 41.3 Å². The van der Waals surface area contributed by atoms with E-state index in [0.29, 0.717) is 11.8 Å². The second kappa shape index (κ2) is 9.20. The summed E-state index contributed by atoms with van der Waals surface area (Å²) in [7, 11) is 0. The number of nitrogens with one attached hydrogen (secondary N) is 1. The lowest BCUT2D eigenvalue weighted by Gasteiger charge is -2.20. The molecular weight excluding hydrogens is 406 g/mol. The van der Waals surface area contributed by atoms with Gasteiger partial charge in [0.05, 0.1) is 4.88 Å². The molecule has 2 saturated heterocycles. The molecule has 2 aromatic rings. The Hall–Kier alpha value is -1.70. The maximum atomic E-state index is 12.9. The van der Waals surface area contributed by atoms with Crippen LogP contribution in [0, 0.1) is 11.8 Å². The van der Waals surface area contributed by atoms with E-state index in [1.54, 1.807) is 12.1 Å². The predicted molar refractivity (Wildman–Crippen MR) is 109 cm³/mol. The van der Waals surface area contributed by atoms with Gasteiger partial charge in [0.1, 0.15) is 5.75 Å². The van der Waals surface area contributed by atoms with Crippen LogP contribution in [0.2, 0.25) is 0 Å². The second-order valence-electron chi connectivity index (χ2n) is 7.11. The molecule has 4 rings (SSSR count). The molecular formula is C20H23ClF2N2O2S. The van der Waals surface area contributed by atoms with Crippen LogP contribution >= 0.6 is 23.7 Å². The quantitative estimate of drug-likeness (QED) is 0.779. The van der Waals surface area contributed by atoms with E-state index in [1.165, 1.54) is 23.5 Å². The minimum Gasteiger partial charge on any atom is -0.435 e. The number of benzene rings is 1. The van der Waals surface area contributed by atoms with Crippen molar-refractivity contribution in [1.82, 2.24) is 10.2 Å². The van der Waals surface area contributed by atoms with Crippen molar-refractivity contribution < 1.29 is 18.3 Å². The summed E-state index contributed by atoms with van der Waals surface area (Å²) >= 11 is 1.44. The number of carbonyl (C=O) groups is 1. The van der Waals surface area contributed by atoms with Crippen molar-refractivity contribution in [1.29, 1.82) is 0 Å². The molecule has 1 aromatic heterocycles. The van der Waals surface area contributed by atoms with Crippen LogP contribution in [0.25, 0.3) is 10.4 Å². The molecule has 0 bridgehead atoms. The van der Waals surface area contributed by atoms with E-state index in [-0.39, 0.29) is 24.1 Å². The average Bonchev–Trinajstić information content (AvgIpc) is 3.27. The summed E-state index contributed by atoms with van der Waals surface area (Å²) in [6.07, 6.45) is 2.13. The first-order valence-corrected chi connectivity index (χ1v) is 10.1. The molecule has 0 radical (unpaired) electrons. The first-order valence-electron chi connectivity index (χ1n) is 9.25. The third-order valence-electron chi connectivity index (χ3n) is 5.49. The number of rotatable bonds is 4. The van der Waals surface area contributed by atoms with Gasteiger partial charge in [-0.25, -0.2) is 0 Å². The minimum atomic E-state index is -2.83. The van der Waals surface area contributed by atoms with Gasteiger partial charge in [-0.15, -0.1) is 23.7 Å². The van der Waals surface area contributed by atoms with Gasteiger partial charge in [-0.1, -0.05) is 0 Å². The van der Waals surface area contributed by atoms with Crippen LogP contribution in [0.3, 0.4) is 0 Å². The van der Waals surface area contributed by atoms with Gasteiger partial charge >= 0.3 is 6.61 Å². The Morgan fingerprint density at radius 2 is 1.71 bits per heavy atom. The average molecular weight is 429 g/mol. The molecule has 28 heavy (non-hydrogen) atoms. The predicted octanol–water partition coefficient (Wildman–Crippen LogP) is 4.51. The topological polar surface area (TPSA) is 41.6 Å². The number of hydrogen-bond donors (Lipinski definition) is 1. The number of halogens is 3. The summed E-state index contributed by atoms with van der Waals surface area (Å²) in [5.41, 5.74) is 0.886. The molecule has 2 atom stereocenters. The smallest absolute Gasteiger partial charge is 0.387 e. The maximum Gasteiger partial charge on any atom is 0.387 e. The van der Waals surface area contributed by atoms with Crippen LogP contribution in [0.1, 0.15) is 22.5 Å². The molecule has 0 aliphatic carbocycles. The molecule has 0 unspecified atom stereocenters. The fourth-order valence-electron chi connectivity index (χ4n) is 3.99. The monoisotopic (exact) mass is 428 g/mol. The minimum absolute atomic E-state index is 0. The molecule has 1 N–H and O–H groups in total. The zero-order valence-electron chi connectivity index (χ0n) is 15.3. The second-order valence-corrected chi connectivity index (χ2v) is 8.20. The van der Waals surface area contributed by atoms with Gasteiger partial charge in [-0.2, -0.15) is 8.78 Å². The number of alkyl halides is 2. The maximum absolute atomic E-state index is 12.9. The summed E-state index contributed by atoms with van der Waals surface area (Å²) in [6, 6.07) is 10.3. The van der Waals surface area contributed by atoms with E-state index >= 15 is 0 Å². The van der Waals surface area contributed by atoms with Crippen LogP contribution in [0.5, 0.6) is 5.75 Å². The van der Waals surface area contributed by atoms with E-state index < -0.39 is 6.61 Å². The molecule has 2 aliphatic rings. The Morgan fingerprint density at radius 1 is 1.07 bits per heavy atom. The molecule has 0 spiro atoms. The number of nitrogens with zero attached hydrogens (tertiary/aromatic N) is 1. The Kier molecular flexibility index (Phi) is 6.91. The molecule has 0 saturated carbocycles. The van der Waals surface area contributed by atoms with Crippen LogP contribution in [-0.4, -0.2) is 43.6 Å². The van der Waals surface area contributed by atoms with Gasteiger partial charge in [0.15, 0.2) is 0 Å². The van der Waals surface area contributed by atoms with Gasteiger partial charge < -0.3 is 15.0 Å². The van der Waals surface area contributed by atoms with Crippen LogP contribution in [0.15, 0.2) is 36.4 Å². The zero-order chi connectivity index (χ0) is 18.8. The molecule has 3 heterocycles. The normalized spacial score (nSPS) is 21.8. The molecule has 1 amide bonds. The number of hydrogen-bond acceptors (Lipinski definition) is 4. The SMILES string of the molecule is Cl.O=C(c1ccc(-c2ccc(OC(F)F)cc2)s1)N1CC[C@@H]2CNC[C@@H]2CC1. The van der Waals surface area contributed by atoms with E-state index in [9.17, 15) is 13.6 Å². The summed E-state index contributed by atoms with van der Waals surface area (Å²) in [5.74, 6) is 1.61. The van der Waals surface area contributed by atoms with Gasteiger partial charge in [-0.3, -0.25) is 4.79 Å². The number of likely N-dealkylation sites (tertiary alicyclic amines) is 1. The first kappa shape index (κ1) is 21.0. The highest BCUT2D eigenvalue weighted by molar-refractivity contribution is 7.17. The lowest BCUT2D eigenvalue weighted by atomic mass is 9.92. The number of ether oxygens (including phenoxy) is 1. The highest BCUT2D eigenvalue weighted by Crippen LogP contribution is 2.32. The van der Waals surface area contributed by atoms with Crippen molar-refractivity contribution in [3.63, 3.8) is 0 Å². The highest BCUT2D eigenvalue weighted by Gasteiger charge is 2.32. The molecule has 8 heteroatoms. The Bertz CT molecular complexity index is 786. The van der Waals surface area contributed by atoms with Crippen molar-refractivity contribution in [3.8, 4) is 16.2 Å². The number of carbonyl (C=O) groups excluding carboxylic acids is 1.